The minimum atomic E-state index is -0.959. The van der Waals surface area contributed by atoms with Crippen LogP contribution >= 0.6 is 22.9 Å². The van der Waals surface area contributed by atoms with Crippen LogP contribution in [0.2, 0.25) is 5.02 Å². The van der Waals surface area contributed by atoms with Crippen LogP contribution in [0.15, 0.2) is 30.5 Å². The highest BCUT2D eigenvalue weighted by Gasteiger charge is 2.50. The van der Waals surface area contributed by atoms with Gasteiger partial charge in [0.15, 0.2) is 16.6 Å². The summed E-state index contributed by atoms with van der Waals surface area (Å²) in [6, 6.07) is 6.85. The van der Waals surface area contributed by atoms with Crippen LogP contribution in [0.25, 0.3) is 32.2 Å². The first-order valence-corrected chi connectivity index (χ1v) is 17.9. The number of fused-ring (bicyclic) bond motifs is 5. The van der Waals surface area contributed by atoms with E-state index in [9.17, 15) is 18.8 Å². The second-order valence-electron chi connectivity index (χ2n) is 13.7. The van der Waals surface area contributed by atoms with E-state index in [1.807, 2.05) is 11.0 Å². The molecule has 0 saturated carbocycles. The fourth-order valence-electron chi connectivity index (χ4n) is 8.55. The molecule has 0 radical (unpaired) electrons. The summed E-state index contributed by atoms with van der Waals surface area (Å²) in [5.74, 6) is -0.914. The standard InChI is InChI=1S/C34H30ClF3N10O2S/c35-23-10-22-27(26(38)25(23)21-4-5-24(37)29-28(21)41-31(40)51-29)42-32(50-16-34-7-1-8-46(34)13-17(36)11-34)43-30(22)45-14-19-2-3-20(15-45)48(19)33(49)47-9-6-18(12-39)44-47/h4-6,9-10,17,19-20H,1-3,7-8,11,13-16H2,(H2,40,41)/t17-,19?,20?,34+/m1/s1. The van der Waals surface area contributed by atoms with E-state index in [2.05, 4.69) is 20.0 Å². The number of alkyl halides is 1. The fraction of sp³-hybridized carbons (Fsp3) is 0.412. The molecule has 2 bridgehead atoms. The average Bonchev–Trinajstić information content (AvgIpc) is 3.93. The monoisotopic (exact) mass is 734 g/mol. The number of benzene rings is 2. The number of piperazine rings is 1. The molecule has 5 aromatic rings. The van der Waals surface area contributed by atoms with Crippen molar-refractivity contribution < 1.29 is 22.7 Å². The third kappa shape index (κ3) is 5.15. The maximum atomic E-state index is 17.0. The summed E-state index contributed by atoms with van der Waals surface area (Å²) in [6.45, 7) is 2.01. The molecule has 2 N–H and O–H groups in total. The Morgan fingerprint density at radius 2 is 1.94 bits per heavy atom. The third-order valence-electron chi connectivity index (χ3n) is 10.8. The van der Waals surface area contributed by atoms with Crippen LogP contribution in [0.1, 0.15) is 37.8 Å². The second kappa shape index (κ2) is 11.9. The van der Waals surface area contributed by atoms with Gasteiger partial charge in [0.1, 0.15) is 36.0 Å². The Kier molecular flexibility index (Phi) is 7.53. The maximum absolute atomic E-state index is 17.0. The Morgan fingerprint density at radius 1 is 1.14 bits per heavy atom. The van der Waals surface area contributed by atoms with Crippen molar-refractivity contribution >= 4 is 61.0 Å². The lowest BCUT2D eigenvalue weighted by Gasteiger charge is -2.41. The third-order valence-corrected chi connectivity index (χ3v) is 11.9. The van der Waals surface area contributed by atoms with Crippen molar-refractivity contribution in [2.24, 2.45) is 0 Å². The van der Waals surface area contributed by atoms with Crippen LogP contribution < -0.4 is 15.4 Å². The SMILES string of the molecule is N#Cc1ccn(C(=O)N2C3CCC2CN(c2nc(OC[C@@]45CCCN4C[C@H](F)C5)nc4c(F)c(-c5ccc(F)c6sc(N)nc56)c(Cl)cc24)C3)n1. The summed E-state index contributed by atoms with van der Waals surface area (Å²) in [5.41, 5.74) is 5.95. The van der Waals surface area contributed by atoms with Gasteiger partial charge in [0.25, 0.3) is 0 Å². The summed E-state index contributed by atoms with van der Waals surface area (Å²) in [4.78, 5) is 33.1. The molecule has 12 nitrogen and oxygen atoms in total. The Bertz CT molecular complexity index is 2280. The van der Waals surface area contributed by atoms with E-state index in [1.54, 1.807) is 11.0 Å². The molecule has 4 aliphatic rings. The number of nitriles is 1. The largest absolute Gasteiger partial charge is 0.461 e. The molecule has 7 heterocycles. The number of ether oxygens (including phenoxy) is 1. The number of rotatable bonds is 5. The second-order valence-corrected chi connectivity index (χ2v) is 15.1. The van der Waals surface area contributed by atoms with Crippen LogP contribution in [-0.2, 0) is 0 Å². The Balaban J connectivity index is 1.13. The molecule has 9 rings (SSSR count). The van der Waals surface area contributed by atoms with Crippen molar-refractivity contribution in [2.45, 2.75) is 55.9 Å². The number of anilines is 2. The van der Waals surface area contributed by atoms with Crippen LogP contribution in [0, 0.1) is 23.0 Å². The first-order chi connectivity index (χ1) is 24.6. The highest BCUT2D eigenvalue weighted by molar-refractivity contribution is 7.22. The fourth-order valence-corrected chi connectivity index (χ4v) is 9.61. The van der Waals surface area contributed by atoms with Gasteiger partial charge in [-0.3, -0.25) is 4.90 Å². The minimum absolute atomic E-state index is 0.0156. The van der Waals surface area contributed by atoms with Gasteiger partial charge in [0, 0.05) is 48.8 Å². The molecule has 262 valence electrons. The summed E-state index contributed by atoms with van der Waals surface area (Å²) in [6.07, 6.45) is 4.00. The smallest absolute Gasteiger partial charge is 0.345 e. The molecule has 2 aromatic carbocycles. The lowest BCUT2D eigenvalue weighted by molar-refractivity contribution is 0.107. The zero-order valence-corrected chi connectivity index (χ0v) is 28.6. The number of nitrogens with zero attached hydrogens (tertiary/aromatic N) is 9. The predicted octanol–water partition coefficient (Wildman–Crippen LogP) is 5.76. The molecule has 3 aromatic heterocycles. The number of halogens is 4. The molecule has 0 aliphatic carbocycles. The molecule has 1 amide bonds. The average molecular weight is 735 g/mol. The molecule has 17 heteroatoms. The Morgan fingerprint density at radius 3 is 2.71 bits per heavy atom. The number of aromatic nitrogens is 5. The van der Waals surface area contributed by atoms with Crippen LogP contribution in [0.5, 0.6) is 6.01 Å². The van der Waals surface area contributed by atoms with Crippen molar-refractivity contribution in [3.8, 4) is 23.2 Å². The molecule has 4 saturated heterocycles. The highest BCUT2D eigenvalue weighted by atomic mass is 35.5. The van der Waals surface area contributed by atoms with Gasteiger partial charge in [-0.1, -0.05) is 22.9 Å². The van der Waals surface area contributed by atoms with Gasteiger partial charge in [-0.15, -0.1) is 0 Å². The van der Waals surface area contributed by atoms with Gasteiger partial charge in [-0.05, 0) is 56.5 Å². The number of amides is 1. The van der Waals surface area contributed by atoms with Crippen LogP contribution in [0.4, 0.5) is 28.9 Å². The van der Waals surface area contributed by atoms with Crippen molar-refractivity contribution in [1.82, 2.24) is 34.5 Å². The molecule has 2 unspecified atom stereocenters. The summed E-state index contributed by atoms with van der Waals surface area (Å²) >= 11 is 7.81. The van der Waals surface area contributed by atoms with E-state index >= 15 is 4.39 Å². The zero-order chi connectivity index (χ0) is 35.2. The number of nitrogen functional groups attached to an aromatic ring is 1. The van der Waals surface area contributed by atoms with Gasteiger partial charge in [-0.25, -0.2) is 22.9 Å². The Labute approximate surface area is 298 Å². The molecular weight excluding hydrogens is 705 g/mol. The van der Waals surface area contributed by atoms with E-state index < -0.39 is 23.3 Å². The van der Waals surface area contributed by atoms with Crippen LogP contribution in [-0.4, -0.2) is 97.1 Å². The van der Waals surface area contributed by atoms with Crippen molar-refractivity contribution in [1.29, 1.82) is 5.26 Å². The number of hydrogen-bond acceptors (Lipinski definition) is 11. The zero-order valence-electron chi connectivity index (χ0n) is 27.0. The number of nitrogens with two attached hydrogens (primary N) is 1. The van der Waals surface area contributed by atoms with Crippen molar-refractivity contribution in [2.75, 3.05) is 43.4 Å². The minimum Gasteiger partial charge on any atom is -0.461 e. The summed E-state index contributed by atoms with van der Waals surface area (Å²) in [7, 11) is 0. The number of carbonyl (C=O) groups excluding carboxylic acids is 1. The van der Waals surface area contributed by atoms with E-state index in [0.29, 0.717) is 37.3 Å². The van der Waals surface area contributed by atoms with Crippen LogP contribution in [0.3, 0.4) is 0 Å². The summed E-state index contributed by atoms with van der Waals surface area (Å²) in [5, 5.41) is 13.8. The van der Waals surface area contributed by atoms with Gasteiger partial charge in [0.2, 0.25) is 0 Å². The first-order valence-electron chi connectivity index (χ1n) is 16.7. The highest BCUT2D eigenvalue weighted by Crippen LogP contribution is 2.45. The quantitative estimate of drug-likeness (QED) is 0.237. The van der Waals surface area contributed by atoms with Gasteiger partial charge < -0.3 is 20.3 Å². The van der Waals surface area contributed by atoms with E-state index in [1.165, 1.54) is 29.1 Å². The van der Waals surface area contributed by atoms with E-state index in [0.717, 1.165) is 43.6 Å². The number of hydrogen-bond donors (Lipinski definition) is 1. The van der Waals surface area contributed by atoms with Gasteiger partial charge in [0.05, 0.1) is 32.9 Å². The molecular formula is C34H30ClF3N10O2S. The van der Waals surface area contributed by atoms with Crippen molar-refractivity contribution in [3.63, 3.8) is 0 Å². The Hall–Kier alpha value is -4.72. The predicted molar refractivity (Wildman–Crippen MR) is 185 cm³/mol. The van der Waals surface area contributed by atoms with Gasteiger partial charge in [-0.2, -0.15) is 25.0 Å². The number of carbonyl (C=O) groups is 1. The topological polar surface area (TPSA) is 142 Å². The molecule has 0 spiro atoms. The maximum Gasteiger partial charge on any atom is 0.345 e. The summed E-state index contributed by atoms with van der Waals surface area (Å²) < 4.78 is 53.9. The van der Waals surface area contributed by atoms with E-state index in [4.69, 9.17) is 27.1 Å². The molecule has 4 aliphatic heterocycles. The lowest BCUT2D eigenvalue weighted by Crippen LogP contribution is -2.57. The van der Waals surface area contributed by atoms with Crippen molar-refractivity contribution in [3.05, 3.63) is 52.8 Å². The first kappa shape index (κ1) is 32.2. The molecule has 51 heavy (non-hydrogen) atoms. The lowest BCUT2D eigenvalue weighted by atomic mass is 9.95. The number of thiazole rings is 1. The molecule has 4 atom stereocenters. The molecule has 4 fully saturated rings. The van der Waals surface area contributed by atoms with Gasteiger partial charge >= 0.3 is 12.0 Å². The normalized spacial score (nSPS) is 24.5. The van der Waals surface area contributed by atoms with E-state index in [-0.39, 0.29) is 73.4 Å².